The van der Waals surface area contributed by atoms with E-state index in [2.05, 4.69) is 10.5 Å². The molecule has 0 aromatic heterocycles. The maximum absolute atomic E-state index is 11.9. The summed E-state index contributed by atoms with van der Waals surface area (Å²) < 4.78 is 4.95. The number of nitro benzene ring substituents is 1. The SMILES string of the molecule is CCOC(=O)[C@@H](CC)/C(C)=N\NC(=O)c1ccc([N+](=O)[O-])cc1. The van der Waals surface area contributed by atoms with Gasteiger partial charge in [-0.1, -0.05) is 6.92 Å². The van der Waals surface area contributed by atoms with E-state index in [4.69, 9.17) is 4.74 Å². The maximum atomic E-state index is 11.9. The molecule has 23 heavy (non-hydrogen) atoms. The molecule has 0 saturated carbocycles. The summed E-state index contributed by atoms with van der Waals surface area (Å²) in [4.78, 5) is 33.7. The van der Waals surface area contributed by atoms with E-state index in [-0.39, 0.29) is 23.8 Å². The molecular formula is C15H19N3O5. The molecule has 124 valence electrons. The largest absolute Gasteiger partial charge is 0.465 e. The summed E-state index contributed by atoms with van der Waals surface area (Å²) in [7, 11) is 0. The Kier molecular flexibility index (Phi) is 6.85. The molecule has 1 atom stereocenters. The highest BCUT2D eigenvalue weighted by molar-refractivity contribution is 6.02. The van der Waals surface area contributed by atoms with Crippen LogP contribution in [-0.4, -0.2) is 29.1 Å². The lowest BCUT2D eigenvalue weighted by atomic mass is 10.0. The number of hydrogen-bond acceptors (Lipinski definition) is 6. The van der Waals surface area contributed by atoms with Gasteiger partial charge in [-0.2, -0.15) is 5.10 Å². The third-order valence-corrected chi connectivity index (χ3v) is 3.16. The molecule has 0 aliphatic rings. The van der Waals surface area contributed by atoms with Gasteiger partial charge in [0.05, 0.1) is 17.4 Å². The van der Waals surface area contributed by atoms with Crippen molar-refractivity contribution in [1.82, 2.24) is 5.43 Å². The predicted molar refractivity (Wildman–Crippen MR) is 84.1 cm³/mol. The number of esters is 1. The molecule has 0 bridgehead atoms. The van der Waals surface area contributed by atoms with Crippen molar-refractivity contribution in [3.8, 4) is 0 Å². The fourth-order valence-electron chi connectivity index (χ4n) is 1.89. The number of benzene rings is 1. The van der Waals surface area contributed by atoms with E-state index in [1.54, 1.807) is 13.8 Å². The zero-order valence-corrected chi connectivity index (χ0v) is 13.2. The molecule has 0 radical (unpaired) electrons. The third kappa shape index (κ3) is 5.17. The lowest BCUT2D eigenvalue weighted by molar-refractivity contribution is -0.384. The minimum atomic E-state index is -0.546. The molecule has 0 spiro atoms. The maximum Gasteiger partial charge on any atom is 0.314 e. The van der Waals surface area contributed by atoms with E-state index >= 15 is 0 Å². The van der Waals surface area contributed by atoms with Gasteiger partial charge in [0.15, 0.2) is 0 Å². The molecule has 0 aliphatic heterocycles. The number of nitrogens with zero attached hydrogens (tertiary/aromatic N) is 2. The molecule has 1 aromatic rings. The van der Waals surface area contributed by atoms with Crippen LogP contribution in [-0.2, 0) is 9.53 Å². The second-order valence-corrected chi connectivity index (χ2v) is 4.71. The Morgan fingerprint density at radius 2 is 1.91 bits per heavy atom. The van der Waals surface area contributed by atoms with Gasteiger partial charge in [0.2, 0.25) is 0 Å². The van der Waals surface area contributed by atoms with Crippen LogP contribution >= 0.6 is 0 Å². The lowest BCUT2D eigenvalue weighted by Crippen LogP contribution is -2.27. The van der Waals surface area contributed by atoms with Gasteiger partial charge in [0.1, 0.15) is 0 Å². The summed E-state index contributed by atoms with van der Waals surface area (Å²) in [5.41, 5.74) is 2.89. The first-order valence-corrected chi connectivity index (χ1v) is 7.16. The van der Waals surface area contributed by atoms with Crippen molar-refractivity contribution in [3.05, 3.63) is 39.9 Å². The second kappa shape index (κ2) is 8.62. The molecule has 0 fully saturated rings. The molecule has 1 amide bonds. The van der Waals surface area contributed by atoms with Gasteiger partial charge >= 0.3 is 5.97 Å². The van der Waals surface area contributed by atoms with Crippen molar-refractivity contribution in [2.75, 3.05) is 6.61 Å². The normalized spacial score (nSPS) is 12.4. The van der Waals surface area contributed by atoms with Gasteiger partial charge in [-0.05, 0) is 32.4 Å². The number of rotatable bonds is 7. The predicted octanol–water partition coefficient (Wildman–Crippen LogP) is 2.29. The van der Waals surface area contributed by atoms with Crippen molar-refractivity contribution in [3.63, 3.8) is 0 Å². The average Bonchev–Trinajstić information content (AvgIpc) is 2.53. The highest BCUT2D eigenvalue weighted by atomic mass is 16.6. The smallest absolute Gasteiger partial charge is 0.314 e. The minimum absolute atomic E-state index is 0.102. The summed E-state index contributed by atoms with van der Waals surface area (Å²) in [5, 5.41) is 14.5. The van der Waals surface area contributed by atoms with Crippen LogP contribution in [0.1, 0.15) is 37.6 Å². The molecular weight excluding hydrogens is 302 g/mol. The average molecular weight is 321 g/mol. The number of carbonyl (C=O) groups excluding carboxylic acids is 2. The Hall–Kier alpha value is -2.77. The standard InChI is InChI=1S/C15H19N3O5/c1-4-13(15(20)23-5-2)10(3)16-17-14(19)11-6-8-12(9-7-11)18(21)22/h6-9,13H,4-5H2,1-3H3,(H,17,19)/b16-10-/t13-/m0/s1. The minimum Gasteiger partial charge on any atom is -0.465 e. The molecule has 0 aliphatic carbocycles. The van der Waals surface area contributed by atoms with Crippen molar-refractivity contribution in [1.29, 1.82) is 0 Å². The summed E-state index contributed by atoms with van der Waals surface area (Å²) in [6.45, 7) is 5.44. The monoisotopic (exact) mass is 321 g/mol. The van der Waals surface area contributed by atoms with Crippen LogP contribution in [0, 0.1) is 16.0 Å². The van der Waals surface area contributed by atoms with Crippen LogP contribution in [0.2, 0.25) is 0 Å². The molecule has 0 heterocycles. The molecule has 1 N–H and O–H groups in total. The highest BCUT2D eigenvalue weighted by Gasteiger charge is 2.21. The first-order valence-electron chi connectivity index (χ1n) is 7.16. The summed E-state index contributed by atoms with van der Waals surface area (Å²) in [6, 6.07) is 5.14. The number of ether oxygens (including phenoxy) is 1. The van der Waals surface area contributed by atoms with Crippen molar-refractivity contribution < 1.29 is 19.2 Å². The Morgan fingerprint density at radius 1 is 1.30 bits per heavy atom. The lowest BCUT2D eigenvalue weighted by Gasteiger charge is -2.13. The van der Waals surface area contributed by atoms with Crippen molar-refractivity contribution >= 4 is 23.3 Å². The zero-order valence-electron chi connectivity index (χ0n) is 13.2. The quantitative estimate of drug-likeness (QED) is 0.358. The van der Waals surface area contributed by atoms with Crippen LogP contribution in [0.25, 0.3) is 0 Å². The van der Waals surface area contributed by atoms with E-state index in [1.165, 1.54) is 24.3 Å². The fraction of sp³-hybridized carbons (Fsp3) is 0.400. The van der Waals surface area contributed by atoms with E-state index in [0.717, 1.165) is 0 Å². The molecule has 0 saturated heterocycles. The van der Waals surface area contributed by atoms with Crippen LogP contribution < -0.4 is 5.43 Å². The second-order valence-electron chi connectivity index (χ2n) is 4.71. The van der Waals surface area contributed by atoms with Crippen molar-refractivity contribution in [2.24, 2.45) is 11.0 Å². The topological polar surface area (TPSA) is 111 Å². The number of carbonyl (C=O) groups is 2. The number of hydrogen-bond donors (Lipinski definition) is 1. The third-order valence-electron chi connectivity index (χ3n) is 3.16. The van der Waals surface area contributed by atoms with Gasteiger partial charge in [-0.3, -0.25) is 19.7 Å². The van der Waals surface area contributed by atoms with Gasteiger partial charge < -0.3 is 4.74 Å². The first kappa shape index (κ1) is 18.3. The number of nitrogens with one attached hydrogen (secondary N) is 1. The van der Waals surface area contributed by atoms with Crippen molar-refractivity contribution in [2.45, 2.75) is 27.2 Å². The van der Waals surface area contributed by atoms with Gasteiger partial charge in [0, 0.05) is 23.4 Å². The Bertz CT molecular complexity index is 610. The Balaban J connectivity index is 2.75. The van der Waals surface area contributed by atoms with Gasteiger partial charge in [-0.15, -0.1) is 0 Å². The van der Waals surface area contributed by atoms with E-state index in [0.29, 0.717) is 12.1 Å². The summed E-state index contributed by atoms with van der Waals surface area (Å²) in [6.07, 6.45) is 0.502. The molecule has 8 nitrogen and oxygen atoms in total. The van der Waals surface area contributed by atoms with Crippen LogP contribution in [0.5, 0.6) is 0 Å². The Morgan fingerprint density at radius 3 is 2.39 bits per heavy atom. The Labute approximate surface area is 133 Å². The zero-order chi connectivity index (χ0) is 17.4. The number of amides is 1. The van der Waals surface area contributed by atoms with Gasteiger partial charge in [-0.25, -0.2) is 5.43 Å². The fourth-order valence-corrected chi connectivity index (χ4v) is 1.89. The molecule has 0 unspecified atom stereocenters. The van der Waals surface area contributed by atoms with E-state index < -0.39 is 16.7 Å². The van der Waals surface area contributed by atoms with Crippen LogP contribution in [0.15, 0.2) is 29.4 Å². The van der Waals surface area contributed by atoms with Crippen LogP contribution in [0.3, 0.4) is 0 Å². The van der Waals surface area contributed by atoms with E-state index in [1.807, 2.05) is 6.92 Å². The number of non-ortho nitro benzene ring substituents is 1. The summed E-state index contributed by atoms with van der Waals surface area (Å²) in [5.74, 6) is -1.43. The highest BCUT2D eigenvalue weighted by Crippen LogP contribution is 2.12. The van der Waals surface area contributed by atoms with Gasteiger partial charge in [0.25, 0.3) is 11.6 Å². The van der Waals surface area contributed by atoms with E-state index in [9.17, 15) is 19.7 Å². The first-order chi connectivity index (χ1) is 10.9. The number of hydrazone groups is 1. The van der Waals surface area contributed by atoms with Crippen LogP contribution in [0.4, 0.5) is 5.69 Å². The molecule has 1 aromatic carbocycles. The summed E-state index contributed by atoms with van der Waals surface area (Å²) >= 11 is 0. The molecule has 1 rings (SSSR count). The molecule has 8 heteroatoms. The number of nitro groups is 1.